The van der Waals surface area contributed by atoms with Crippen LogP contribution in [-0.2, 0) is 6.54 Å². The van der Waals surface area contributed by atoms with Gasteiger partial charge in [-0.3, -0.25) is 0 Å². The van der Waals surface area contributed by atoms with E-state index in [1.807, 2.05) is 13.1 Å². The van der Waals surface area contributed by atoms with Crippen LogP contribution in [0.2, 0.25) is 0 Å². The van der Waals surface area contributed by atoms with Gasteiger partial charge in [0.05, 0.1) is 5.01 Å². The van der Waals surface area contributed by atoms with Crippen LogP contribution in [0.25, 0.3) is 0 Å². The summed E-state index contributed by atoms with van der Waals surface area (Å²) < 4.78 is 0. The molecular formula is C8H14N2S. The number of aromatic nitrogens is 1. The Balaban J connectivity index is 2.39. The van der Waals surface area contributed by atoms with Gasteiger partial charge in [-0.05, 0) is 6.92 Å². The first-order valence-corrected chi connectivity index (χ1v) is 4.65. The minimum absolute atomic E-state index is 0.553. The lowest BCUT2D eigenvalue weighted by molar-refractivity contribution is 0.593. The van der Waals surface area contributed by atoms with E-state index >= 15 is 0 Å². The monoisotopic (exact) mass is 170 g/mol. The Morgan fingerprint density at radius 2 is 2.36 bits per heavy atom. The molecular weight excluding hydrogens is 156 g/mol. The molecule has 0 unspecified atom stereocenters. The molecule has 1 heterocycles. The van der Waals surface area contributed by atoms with E-state index in [2.05, 4.69) is 24.1 Å². The van der Waals surface area contributed by atoms with Crippen molar-refractivity contribution in [3.8, 4) is 0 Å². The first-order valence-electron chi connectivity index (χ1n) is 3.83. The number of thiazole rings is 1. The number of nitrogens with one attached hydrogen (secondary N) is 1. The van der Waals surface area contributed by atoms with Gasteiger partial charge in [0.1, 0.15) is 0 Å². The van der Waals surface area contributed by atoms with Crippen molar-refractivity contribution >= 4 is 11.3 Å². The molecule has 11 heavy (non-hydrogen) atoms. The van der Waals surface area contributed by atoms with Crippen LogP contribution in [0.4, 0.5) is 0 Å². The molecule has 0 bridgehead atoms. The Morgan fingerprint density at radius 3 is 2.82 bits per heavy atom. The number of nitrogens with zero attached hydrogens (tertiary/aromatic N) is 1. The minimum atomic E-state index is 0.553. The van der Waals surface area contributed by atoms with E-state index in [-0.39, 0.29) is 0 Å². The first kappa shape index (κ1) is 8.68. The van der Waals surface area contributed by atoms with Gasteiger partial charge in [0, 0.05) is 23.7 Å². The van der Waals surface area contributed by atoms with Crippen molar-refractivity contribution in [2.75, 3.05) is 0 Å². The van der Waals surface area contributed by atoms with E-state index in [1.165, 1.54) is 4.88 Å². The molecule has 0 aliphatic rings. The molecule has 2 nitrogen and oxygen atoms in total. The Hall–Kier alpha value is -0.410. The molecule has 0 saturated carbocycles. The van der Waals surface area contributed by atoms with Crippen molar-refractivity contribution in [3.05, 3.63) is 16.1 Å². The molecule has 0 saturated heterocycles. The van der Waals surface area contributed by atoms with E-state index in [4.69, 9.17) is 0 Å². The fraction of sp³-hybridized carbons (Fsp3) is 0.625. The minimum Gasteiger partial charge on any atom is -0.310 e. The van der Waals surface area contributed by atoms with E-state index in [0.29, 0.717) is 6.04 Å². The quantitative estimate of drug-likeness (QED) is 0.750. The third-order valence-corrected chi connectivity index (χ3v) is 2.27. The lowest BCUT2D eigenvalue weighted by atomic mass is 10.4. The van der Waals surface area contributed by atoms with Crippen molar-refractivity contribution in [1.82, 2.24) is 10.3 Å². The highest BCUT2D eigenvalue weighted by Crippen LogP contribution is 2.10. The molecule has 62 valence electrons. The predicted octanol–water partition coefficient (Wildman–Crippen LogP) is 1.95. The summed E-state index contributed by atoms with van der Waals surface area (Å²) in [6, 6.07) is 0.553. The van der Waals surface area contributed by atoms with Crippen molar-refractivity contribution < 1.29 is 0 Å². The molecule has 0 amide bonds. The zero-order valence-electron chi connectivity index (χ0n) is 7.22. The van der Waals surface area contributed by atoms with Gasteiger partial charge in [-0.2, -0.15) is 0 Å². The Kier molecular flexibility index (Phi) is 3.02. The maximum Gasteiger partial charge on any atom is 0.0897 e. The van der Waals surface area contributed by atoms with E-state index < -0.39 is 0 Å². The highest BCUT2D eigenvalue weighted by molar-refractivity contribution is 7.11. The van der Waals surface area contributed by atoms with Crippen LogP contribution in [0.3, 0.4) is 0 Å². The molecule has 0 aromatic carbocycles. The van der Waals surface area contributed by atoms with E-state index in [0.717, 1.165) is 11.6 Å². The Labute approximate surface area is 71.7 Å². The second kappa shape index (κ2) is 3.83. The molecule has 0 fully saturated rings. The third-order valence-electron chi connectivity index (χ3n) is 1.35. The van der Waals surface area contributed by atoms with Gasteiger partial charge >= 0.3 is 0 Å². The first-order chi connectivity index (χ1) is 5.18. The Bertz CT molecular complexity index is 218. The molecule has 0 aliphatic heterocycles. The molecule has 0 atom stereocenters. The summed E-state index contributed by atoms with van der Waals surface area (Å²) in [6.07, 6.45) is 1.94. The van der Waals surface area contributed by atoms with Crippen LogP contribution in [0.15, 0.2) is 6.20 Å². The molecule has 0 radical (unpaired) electrons. The lowest BCUT2D eigenvalue weighted by Crippen LogP contribution is -2.21. The fourth-order valence-corrected chi connectivity index (χ4v) is 1.54. The van der Waals surface area contributed by atoms with Crippen LogP contribution in [0.1, 0.15) is 23.7 Å². The second-order valence-electron chi connectivity index (χ2n) is 2.88. The number of rotatable bonds is 3. The maximum atomic E-state index is 4.17. The van der Waals surface area contributed by atoms with Gasteiger partial charge in [0.2, 0.25) is 0 Å². The summed E-state index contributed by atoms with van der Waals surface area (Å²) in [5.41, 5.74) is 0. The van der Waals surface area contributed by atoms with Crippen LogP contribution in [-0.4, -0.2) is 11.0 Å². The number of hydrogen-bond acceptors (Lipinski definition) is 3. The van der Waals surface area contributed by atoms with Gasteiger partial charge in [-0.15, -0.1) is 11.3 Å². The van der Waals surface area contributed by atoms with Crippen LogP contribution in [0, 0.1) is 6.92 Å². The van der Waals surface area contributed by atoms with Gasteiger partial charge in [0.25, 0.3) is 0 Å². The Morgan fingerprint density at radius 1 is 1.64 bits per heavy atom. The van der Waals surface area contributed by atoms with Gasteiger partial charge < -0.3 is 5.32 Å². The summed E-state index contributed by atoms with van der Waals surface area (Å²) in [5, 5.41) is 4.49. The molecule has 0 spiro atoms. The van der Waals surface area contributed by atoms with Crippen LogP contribution in [0.5, 0.6) is 0 Å². The van der Waals surface area contributed by atoms with Crippen molar-refractivity contribution in [2.24, 2.45) is 0 Å². The lowest BCUT2D eigenvalue weighted by Gasteiger charge is -2.04. The molecule has 1 aromatic heterocycles. The van der Waals surface area contributed by atoms with Crippen molar-refractivity contribution in [2.45, 2.75) is 33.4 Å². The van der Waals surface area contributed by atoms with Crippen molar-refractivity contribution in [1.29, 1.82) is 0 Å². The second-order valence-corrected chi connectivity index (χ2v) is 4.20. The molecule has 1 N–H and O–H groups in total. The van der Waals surface area contributed by atoms with Crippen LogP contribution >= 0.6 is 11.3 Å². The van der Waals surface area contributed by atoms with Gasteiger partial charge in [0.15, 0.2) is 0 Å². The SMILES string of the molecule is Cc1ncc(CNC(C)C)s1. The molecule has 1 aromatic rings. The maximum absolute atomic E-state index is 4.17. The highest BCUT2D eigenvalue weighted by Gasteiger charge is 1.97. The molecule has 3 heteroatoms. The molecule has 0 aliphatic carbocycles. The summed E-state index contributed by atoms with van der Waals surface area (Å²) in [6.45, 7) is 7.27. The topological polar surface area (TPSA) is 24.9 Å². The zero-order chi connectivity index (χ0) is 8.27. The fourth-order valence-electron chi connectivity index (χ4n) is 0.792. The smallest absolute Gasteiger partial charge is 0.0897 e. The van der Waals surface area contributed by atoms with Crippen LogP contribution < -0.4 is 5.32 Å². The van der Waals surface area contributed by atoms with Gasteiger partial charge in [-0.25, -0.2) is 4.98 Å². The number of aryl methyl sites for hydroxylation is 1. The zero-order valence-corrected chi connectivity index (χ0v) is 8.03. The summed E-state index contributed by atoms with van der Waals surface area (Å²) in [5.74, 6) is 0. The van der Waals surface area contributed by atoms with E-state index in [1.54, 1.807) is 11.3 Å². The van der Waals surface area contributed by atoms with Gasteiger partial charge in [-0.1, -0.05) is 13.8 Å². The summed E-state index contributed by atoms with van der Waals surface area (Å²) in [7, 11) is 0. The number of hydrogen-bond donors (Lipinski definition) is 1. The highest BCUT2D eigenvalue weighted by atomic mass is 32.1. The van der Waals surface area contributed by atoms with Crippen molar-refractivity contribution in [3.63, 3.8) is 0 Å². The largest absolute Gasteiger partial charge is 0.310 e. The standard InChI is InChI=1S/C8H14N2S/c1-6(2)9-4-8-5-10-7(3)11-8/h5-6,9H,4H2,1-3H3. The van der Waals surface area contributed by atoms with E-state index in [9.17, 15) is 0 Å². The average molecular weight is 170 g/mol. The third kappa shape index (κ3) is 2.99. The summed E-state index contributed by atoms with van der Waals surface area (Å²) >= 11 is 1.76. The molecule has 1 rings (SSSR count). The average Bonchev–Trinajstić information content (AvgIpc) is 2.31. The predicted molar refractivity (Wildman–Crippen MR) is 48.8 cm³/mol. The summed E-state index contributed by atoms with van der Waals surface area (Å²) in [4.78, 5) is 5.49. The normalized spacial score (nSPS) is 10.9.